The van der Waals surface area contributed by atoms with Crippen LogP contribution in [0.4, 0.5) is 0 Å². The molecule has 0 fully saturated rings. The summed E-state index contributed by atoms with van der Waals surface area (Å²) < 4.78 is 0. The summed E-state index contributed by atoms with van der Waals surface area (Å²) in [7, 11) is 0. The van der Waals surface area contributed by atoms with Gasteiger partial charge >= 0.3 is 0 Å². The van der Waals surface area contributed by atoms with E-state index in [2.05, 4.69) is 0 Å². The second-order valence-electron chi connectivity index (χ2n) is 3.66. The van der Waals surface area contributed by atoms with E-state index < -0.39 is 5.60 Å². The molecule has 0 saturated carbocycles. The average molecular weight is 184 g/mol. The monoisotopic (exact) mass is 184 g/mol. The normalized spacial score (nSPS) is 10.2. The summed E-state index contributed by atoms with van der Waals surface area (Å²) in [6, 6.07) is 6.15. The van der Waals surface area contributed by atoms with Gasteiger partial charge in [0.1, 0.15) is 0 Å². The van der Waals surface area contributed by atoms with E-state index in [-0.39, 0.29) is 11.5 Å². The molecule has 3 nitrogen and oxygen atoms in total. The van der Waals surface area contributed by atoms with Crippen molar-refractivity contribution in [3.8, 4) is 11.5 Å². The van der Waals surface area contributed by atoms with Gasteiger partial charge < -0.3 is 15.3 Å². The summed E-state index contributed by atoms with van der Waals surface area (Å²) in [5.74, 6) is -0.153. The van der Waals surface area contributed by atoms with Gasteiger partial charge in [-0.05, 0) is 32.9 Å². The van der Waals surface area contributed by atoms with Gasteiger partial charge in [-0.3, -0.25) is 0 Å². The first-order chi connectivity index (χ1) is 5.80. The van der Waals surface area contributed by atoms with Crippen LogP contribution in [0.2, 0.25) is 0 Å². The van der Waals surface area contributed by atoms with Crippen LogP contribution in [0, 0.1) is 0 Å². The molecule has 1 aromatic rings. The molecular formula is C10H16O3. The van der Waals surface area contributed by atoms with Crippen LogP contribution in [0.5, 0.6) is 11.5 Å². The van der Waals surface area contributed by atoms with E-state index in [0.717, 1.165) is 0 Å². The quantitative estimate of drug-likeness (QED) is 0.539. The van der Waals surface area contributed by atoms with Gasteiger partial charge in [0, 0.05) is 0 Å². The van der Waals surface area contributed by atoms with Crippen molar-refractivity contribution in [2.24, 2.45) is 0 Å². The predicted octanol–water partition coefficient (Wildman–Crippen LogP) is 1.87. The number of aliphatic hydroxyl groups is 1. The largest absolute Gasteiger partial charge is 0.504 e. The highest BCUT2D eigenvalue weighted by molar-refractivity contribution is 5.36. The van der Waals surface area contributed by atoms with Gasteiger partial charge in [0.25, 0.3) is 0 Å². The average Bonchev–Trinajstić information content (AvgIpc) is 1.92. The summed E-state index contributed by atoms with van der Waals surface area (Å²) >= 11 is 0. The minimum absolute atomic E-state index is 0.0764. The maximum absolute atomic E-state index is 8.67. The molecule has 0 atom stereocenters. The molecule has 3 N–H and O–H groups in total. The molecule has 13 heavy (non-hydrogen) atoms. The van der Waals surface area contributed by atoms with Crippen LogP contribution in [-0.4, -0.2) is 20.9 Å². The van der Waals surface area contributed by atoms with E-state index in [1.165, 1.54) is 12.1 Å². The van der Waals surface area contributed by atoms with Crippen molar-refractivity contribution in [3.63, 3.8) is 0 Å². The molecular weight excluding hydrogens is 168 g/mol. The van der Waals surface area contributed by atoms with Gasteiger partial charge in [0.15, 0.2) is 11.5 Å². The van der Waals surface area contributed by atoms with E-state index in [4.69, 9.17) is 15.3 Å². The van der Waals surface area contributed by atoms with Crippen LogP contribution in [0.15, 0.2) is 24.3 Å². The Labute approximate surface area is 78.3 Å². The molecule has 0 spiro atoms. The number of rotatable bonds is 0. The zero-order valence-corrected chi connectivity index (χ0v) is 8.15. The molecule has 0 unspecified atom stereocenters. The van der Waals surface area contributed by atoms with Crippen LogP contribution < -0.4 is 0 Å². The van der Waals surface area contributed by atoms with E-state index in [1.54, 1.807) is 32.9 Å². The number of para-hydroxylation sites is 2. The minimum atomic E-state index is -0.500. The third-order valence-electron chi connectivity index (χ3n) is 0.882. The predicted molar refractivity (Wildman–Crippen MR) is 51.7 cm³/mol. The van der Waals surface area contributed by atoms with Gasteiger partial charge in [-0.1, -0.05) is 12.1 Å². The number of aromatic hydroxyl groups is 2. The highest BCUT2D eigenvalue weighted by Gasteiger charge is 1.97. The fourth-order valence-corrected chi connectivity index (χ4v) is 0.464. The zero-order valence-electron chi connectivity index (χ0n) is 8.15. The maximum Gasteiger partial charge on any atom is 0.157 e. The lowest BCUT2D eigenvalue weighted by Gasteiger charge is -2.04. The van der Waals surface area contributed by atoms with E-state index in [1.807, 2.05) is 0 Å². The summed E-state index contributed by atoms with van der Waals surface area (Å²) in [5, 5.41) is 25.9. The summed E-state index contributed by atoms with van der Waals surface area (Å²) in [5.41, 5.74) is -0.500. The van der Waals surface area contributed by atoms with Gasteiger partial charge in [0.2, 0.25) is 0 Å². The van der Waals surface area contributed by atoms with Crippen LogP contribution in [0.3, 0.4) is 0 Å². The van der Waals surface area contributed by atoms with Gasteiger partial charge in [-0.15, -0.1) is 0 Å². The Morgan fingerprint density at radius 1 is 0.923 bits per heavy atom. The lowest BCUT2D eigenvalue weighted by Crippen LogP contribution is -2.10. The summed E-state index contributed by atoms with van der Waals surface area (Å²) in [4.78, 5) is 0. The maximum atomic E-state index is 8.67. The van der Waals surface area contributed by atoms with Crippen molar-refractivity contribution < 1.29 is 15.3 Å². The Morgan fingerprint density at radius 2 is 1.15 bits per heavy atom. The fraction of sp³-hybridized carbons (Fsp3) is 0.400. The molecule has 0 saturated heterocycles. The molecule has 0 aromatic heterocycles. The molecule has 0 aliphatic rings. The summed E-state index contributed by atoms with van der Waals surface area (Å²) in [6.45, 7) is 5.23. The number of hydrogen-bond acceptors (Lipinski definition) is 3. The van der Waals surface area contributed by atoms with Gasteiger partial charge in [-0.2, -0.15) is 0 Å². The lowest BCUT2D eigenvalue weighted by molar-refractivity contribution is 0.102. The van der Waals surface area contributed by atoms with Crippen molar-refractivity contribution in [3.05, 3.63) is 24.3 Å². The zero-order chi connectivity index (χ0) is 10.5. The van der Waals surface area contributed by atoms with Crippen LogP contribution in [0.25, 0.3) is 0 Å². The minimum Gasteiger partial charge on any atom is -0.504 e. The molecule has 0 bridgehead atoms. The first-order valence-corrected chi connectivity index (χ1v) is 4.00. The van der Waals surface area contributed by atoms with Crippen LogP contribution in [0.1, 0.15) is 20.8 Å². The van der Waals surface area contributed by atoms with Crippen molar-refractivity contribution in [1.82, 2.24) is 0 Å². The van der Waals surface area contributed by atoms with Crippen LogP contribution in [-0.2, 0) is 0 Å². The molecule has 1 aromatic carbocycles. The Hall–Kier alpha value is -1.22. The lowest BCUT2D eigenvalue weighted by atomic mass is 10.2. The number of benzene rings is 1. The van der Waals surface area contributed by atoms with Crippen molar-refractivity contribution in [1.29, 1.82) is 0 Å². The third kappa shape index (κ3) is 8.69. The third-order valence-corrected chi connectivity index (χ3v) is 0.882. The molecule has 0 radical (unpaired) electrons. The van der Waals surface area contributed by atoms with Crippen molar-refractivity contribution in [2.75, 3.05) is 0 Å². The van der Waals surface area contributed by atoms with Gasteiger partial charge in [-0.25, -0.2) is 0 Å². The highest BCUT2D eigenvalue weighted by atomic mass is 16.3. The first-order valence-electron chi connectivity index (χ1n) is 4.00. The molecule has 0 aliphatic heterocycles. The SMILES string of the molecule is CC(C)(C)O.Oc1ccccc1O. The molecule has 0 amide bonds. The van der Waals surface area contributed by atoms with E-state index in [0.29, 0.717) is 0 Å². The Bertz CT molecular complexity index is 224. The first kappa shape index (κ1) is 11.8. The highest BCUT2D eigenvalue weighted by Crippen LogP contribution is 2.21. The Morgan fingerprint density at radius 3 is 1.31 bits per heavy atom. The second-order valence-corrected chi connectivity index (χ2v) is 3.66. The van der Waals surface area contributed by atoms with Gasteiger partial charge in [0.05, 0.1) is 5.60 Å². The number of hydrogen-bond donors (Lipinski definition) is 3. The standard InChI is InChI=1S/C6H6O2.C4H10O/c7-5-3-1-2-4-6(5)8;1-4(2,3)5/h1-4,7-8H;5H,1-3H3. The molecule has 74 valence electrons. The fourth-order valence-electron chi connectivity index (χ4n) is 0.464. The molecule has 0 aliphatic carbocycles. The summed E-state index contributed by atoms with van der Waals surface area (Å²) in [6.07, 6.45) is 0. The van der Waals surface area contributed by atoms with Crippen LogP contribution >= 0.6 is 0 Å². The van der Waals surface area contributed by atoms with E-state index in [9.17, 15) is 0 Å². The Balaban J connectivity index is 0.000000252. The van der Waals surface area contributed by atoms with Crippen molar-refractivity contribution in [2.45, 2.75) is 26.4 Å². The molecule has 1 rings (SSSR count). The van der Waals surface area contributed by atoms with E-state index >= 15 is 0 Å². The smallest absolute Gasteiger partial charge is 0.157 e. The topological polar surface area (TPSA) is 60.7 Å². The molecule has 0 heterocycles. The number of phenols is 2. The second kappa shape index (κ2) is 4.72. The number of phenolic OH excluding ortho intramolecular Hbond substituents is 2. The molecule has 3 heteroatoms. The van der Waals surface area contributed by atoms with Crippen molar-refractivity contribution >= 4 is 0 Å². The Kier molecular flexibility index (Phi) is 4.28.